The van der Waals surface area contributed by atoms with E-state index in [1.54, 1.807) is 0 Å². The van der Waals surface area contributed by atoms with E-state index in [0.29, 0.717) is 0 Å². The largest absolute Gasteiger partial charge is 0.500 e. The highest BCUT2D eigenvalue weighted by Crippen LogP contribution is 2.18. The van der Waals surface area contributed by atoms with E-state index >= 15 is 0 Å². The van der Waals surface area contributed by atoms with E-state index < -0.39 is 4.87 Å². The Morgan fingerprint density at radius 2 is 2.11 bits per heavy atom. The van der Waals surface area contributed by atoms with Gasteiger partial charge in [-0.3, -0.25) is 0 Å². The van der Waals surface area contributed by atoms with Crippen molar-refractivity contribution in [2.24, 2.45) is 11.7 Å². The lowest BCUT2D eigenvalue weighted by atomic mass is 10.1. The third-order valence-electron chi connectivity index (χ3n) is 1.22. The quantitative estimate of drug-likeness (QED) is 0.326. The molecule has 0 aliphatic heterocycles. The molecule has 0 aliphatic carbocycles. The van der Waals surface area contributed by atoms with Crippen LogP contribution in [-0.4, -0.2) is 15.0 Å². The third-order valence-corrected chi connectivity index (χ3v) is 2.44. The molecule has 0 aromatic rings. The maximum Gasteiger partial charge on any atom is 0.187 e. The maximum atomic E-state index is 8.78. The van der Waals surface area contributed by atoms with E-state index in [2.05, 4.69) is 24.8 Å². The predicted molar refractivity (Wildman–Crippen MR) is 46.0 cm³/mol. The smallest absolute Gasteiger partial charge is 0.187 e. The van der Waals surface area contributed by atoms with Crippen LogP contribution in [0, 0.1) is 5.92 Å². The highest BCUT2D eigenvalue weighted by molar-refractivity contribution is 7.87. The Balaban J connectivity index is 4.19. The molecule has 0 amide bonds. The van der Waals surface area contributed by atoms with E-state index in [0.717, 1.165) is 0 Å². The molecule has 2 nitrogen and oxygen atoms in total. The van der Waals surface area contributed by atoms with Crippen molar-refractivity contribution in [3.8, 4) is 0 Å². The van der Waals surface area contributed by atoms with Crippen LogP contribution in [0.1, 0.15) is 13.8 Å². The Morgan fingerprint density at radius 1 is 1.78 bits per heavy atom. The van der Waals surface area contributed by atoms with E-state index in [1.165, 1.54) is 0 Å². The van der Waals surface area contributed by atoms with Crippen molar-refractivity contribution >= 4 is 29.9 Å². The molecule has 0 unspecified atom stereocenters. The van der Waals surface area contributed by atoms with Crippen LogP contribution in [0.25, 0.3) is 0 Å². The van der Waals surface area contributed by atoms with Crippen molar-refractivity contribution < 1.29 is 5.11 Å². The molecule has 0 bridgehead atoms. The Morgan fingerprint density at radius 3 is 2.11 bits per heavy atom. The molecule has 54 valence electrons. The molecule has 0 spiro atoms. The fourth-order valence-electron chi connectivity index (χ4n) is 0.247. The van der Waals surface area contributed by atoms with E-state index in [9.17, 15) is 0 Å². The number of thiocarbonyl (C=S) groups is 1. The summed E-state index contributed by atoms with van der Waals surface area (Å²) in [6.45, 7) is 3.69. The normalized spacial score (nSPS) is 17.4. The molecule has 3 N–H and O–H groups in total. The van der Waals surface area contributed by atoms with Gasteiger partial charge < -0.3 is 10.8 Å². The maximum absolute atomic E-state index is 8.78. The van der Waals surface area contributed by atoms with Crippen LogP contribution >= 0.6 is 24.8 Å². The molecule has 0 aromatic heterocycles. The molecule has 9 heavy (non-hydrogen) atoms. The van der Waals surface area contributed by atoms with Crippen molar-refractivity contribution in [1.29, 1.82) is 0 Å². The third kappa shape index (κ3) is 2.12. The van der Waals surface area contributed by atoms with Gasteiger partial charge in [0, 0.05) is 0 Å². The summed E-state index contributed by atoms with van der Waals surface area (Å²) < 4.78 is 0. The topological polar surface area (TPSA) is 46.2 Å². The summed E-state index contributed by atoms with van der Waals surface area (Å²) in [6.07, 6.45) is 0. The van der Waals surface area contributed by atoms with Gasteiger partial charge >= 0.3 is 0 Å². The predicted octanol–water partition coefficient (Wildman–Crippen LogP) is 1.11. The van der Waals surface area contributed by atoms with Gasteiger partial charge in [0.15, 0.2) is 5.05 Å². The highest BCUT2D eigenvalue weighted by atomic mass is 32.1. The second-order valence-corrected chi connectivity index (χ2v) is 3.41. The van der Waals surface area contributed by atoms with Gasteiger partial charge in [-0.1, -0.05) is 13.8 Å². The van der Waals surface area contributed by atoms with Crippen LogP contribution in [0.2, 0.25) is 0 Å². The van der Waals surface area contributed by atoms with Gasteiger partial charge in [-0.2, -0.15) is 0 Å². The minimum atomic E-state index is -1.02. The van der Waals surface area contributed by atoms with Gasteiger partial charge in [-0.05, 0) is 18.1 Å². The molecule has 0 saturated heterocycles. The van der Waals surface area contributed by atoms with Crippen molar-refractivity contribution in [1.82, 2.24) is 0 Å². The van der Waals surface area contributed by atoms with Gasteiger partial charge in [0.2, 0.25) is 0 Å². The Labute approximate surface area is 65.8 Å². The van der Waals surface area contributed by atoms with Crippen LogP contribution in [0.15, 0.2) is 0 Å². The Kier molecular flexibility index (Phi) is 2.92. The van der Waals surface area contributed by atoms with E-state index in [4.69, 9.17) is 10.8 Å². The number of aliphatic hydroxyl groups excluding tert-OH is 1. The van der Waals surface area contributed by atoms with Gasteiger partial charge in [-0.25, -0.2) is 0 Å². The summed E-state index contributed by atoms with van der Waals surface area (Å²) in [7, 11) is 0. The molecular weight excluding hydrogens is 154 g/mol. The fourth-order valence-corrected chi connectivity index (χ4v) is 0.483. The summed E-state index contributed by atoms with van der Waals surface area (Å²) in [5.74, 6) is 0.0401. The first-order valence-electron chi connectivity index (χ1n) is 2.63. The first-order valence-corrected chi connectivity index (χ1v) is 3.49. The number of rotatable bonds is 2. The molecule has 0 rings (SSSR count). The summed E-state index contributed by atoms with van der Waals surface area (Å²) in [4.78, 5) is -1.02. The van der Waals surface area contributed by atoms with E-state index in [-0.39, 0.29) is 11.0 Å². The number of thiol groups is 1. The lowest BCUT2D eigenvalue weighted by Crippen LogP contribution is -2.46. The Bertz CT molecular complexity index is 122. The van der Waals surface area contributed by atoms with Crippen molar-refractivity contribution in [3.05, 3.63) is 0 Å². The van der Waals surface area contributed by atoms with Gasteiger partial charge in [0.25, 0.3) is 0 Å². The summed E-state index contributed by atoms with van der Waals surface area (Å²) in [6, 6.07) is 0. The SMILES string of the molecule is CC(C)[C@@](N)(S)C(O)=S. The fraction of sp³-hybridized carbons (Fsp3) is 0.800. The van der Waals surface area contributed by atoms with Gasteiger partial charge in [0.1, 0.15) is 4.87 Å². The highest BCUT2D eigenvalue weighted by Gasteiger charge is 2.29. The standard InChI is InChI=1S/C5H11NOS2/c1-3(2)5(6,9)4(7)8/h3,9H,6H2,1-2H3,(H,7,8)/t5-/m1/s1. The van der Waals surface area contributed by atoms with Crippen LogP contribution in [-0.2, 0) is 0 Å². The minimum Gasteiger partial charge on any atom is -0.500 e. The lowest BCUT2D eigenvalue weighted by Gasteiger charge is -2.24. The van der Waals surface area contributed by atoms with Crippen molar-refractivity contribution in [2.45, 2.75) is 18.7 Å². The zero-order valence-electron chi connectivity index (χ0n) is 5.46. The number of nitrogens with two attached hydrogens (primary N) is 1. The lowest BCUT2D eigenvalue weighted by molar-refractivity contribution is 0.459. The van der Waals surface area contributed by atoms with E-state index in [1.807, 2.05) is 13.8 Å². The van der Waals surface area contributed by atoms with Crippen molar-refractivity contribution in [3.63, 3.8) is 0 Å². The molecule has 0 aromatic carbocycles. The molecule has 0 aliphatic rings. The average molecular weight is 165 g/mol. The zero-order valence-corrected chi connectivity index (χ0v) is 7.17. The summed E-state index contributed by atoms with van der Waals surface area (Å²) in [5, 5.41) is 8.53. The second-order valence-electron chi connectivity index (χ2n) is 2.29. The first-order chi connectivity index (χ1) is 3.89. The summed E-state index contributed by atoms with van der Waals surface area (Å²) in [5.41, 5.74) is 5.48. The molecule has 0 fully saturated rings. The molecule has 0 heterocycles. The average Bonchev–Trinajstić information content (AvgIpc) is 1.65. The summed E-state index contributed by atoms with van der Waals surface area (Å²) >= 11 is 8.43. The van der Waals surface area contributed by atoms with Gasteiger partial charge in [0.05, 0.1) is 0 Å². The minimum absolute atomic E-state index is 0.0401. The van der Waals surface area contributed by atoms with Crippen LogP contribution < -0.4 is 5.73 Å². The van der Waals surface area contributed by atoms with Crippen molar-refractivity contribution in [2.75, 3.05) is 0 Å². The Hall–Kier alpha value is 0.200. The number of aliphatic hydroxyl groups is 1. The molecule has 0 saturated carbocycles. The molecule has 4 heteroatoms. The van der Waals surface area contributed by atoms with Crippen LogP contribution in [0.5, 0.6) is 0 Å². The molecule has 0 radical (unpaired) electrons. The van der Waals surface area contributed by atoms with Crippen LogP contribution in [0.3, 0.4) is 0 Å². The second kappa shape index (κ2) is 2.86. The first kappa shape index (κ1) is 9.20. The number of hydrogen-bond acceptors (Lipinski definition) is 3. The van der Waals surface area contributed by atoms with Gasteiger partial charge in [-0.15, -0.1) is 12.6 Å². The molecular formula is C5H11NOS2. The molecule has 1 atom stereocenters. The number of hydrogen-bond donors (Lipinski definition) is 3. The monoisotopic (exact) mass is 165 g/mol. The zero-order chi connectivity index (χ0) is 7.65. The van der Waals surface area contributed by atoms with Crippen LogP contribution in [0.4, 0.5) is 0 Å².